The summed E-state index contributed by atoms with van der Waals surface area (Å²) >= 11 is 6.82. The molecule has 1 amide bonds. The van der Waals surface area contributed by atoms with E-state index < -0.39 is 8.32 Å². The van der Waals surface area contributed by atoms with Crippen LogP contribution in [-0.4, -0.2) is 32.2 Å². The second kappa shape index (κ2) is 9.35. The third-order valence-electron chi connectivity index (χ3n) is 5.81. The van der Waals surface area contributed by atoms with E-state index in [1.54, 1.807) is 0 Å². The van der Waals surface area contributed by atoms with Crippen molar-refractivity contribution in [3.63, 3.8) is 0 Å². The van der Waals surface area contributed by atoms with Gasteiger partial charge in [-0.25, -0.2) is 0 Å². The van der Waals surface area contributed by atoms with Crippen LogP contribution in [0.15, 0.2) is 48.5 Å². The third kappa shape index (κ3) is 5.64. The average molecular weight is 432 g/mol. The van der Waals surface area contributed by atoms with Crippen LogP contribution in [0.4, 0.5) is 0 Å². The molecule has 0 N–H and O–H groups in total. The van der Waals surface area contributed by atoms with Gasteiger partial charge in [0, 0.05) is 18.7 Å². The third-order valence-corrected chi connectivity index (χ3v) is 10.7. The van der Waals surface area contributed by atoms with Crippen LogP contribution in [0, 0.1) is 0 Å². The molecule has 0 saturated carbocycles. The highest BCUT2D eigenvalue weighted by molar-refractivity contribution is 6.74. The van der Waals surface area contributed by atoms with Crippen molar-refractivity contribution in [2.45, 2.75) is 58.1 Å². The Morgan fingerprint density at radius 1 is 1.03 bits per heavy atom. The van der Waals surface area contributed by atoms with Crippen LogP contribution >= 0.6 is 11.6 Å². The van der Waals surface area contributed by atoms with Crippen LogP contribution < -0.4 is 4.43 Å². The predicted molar refractivity (Wildman–Crippen MR) is 126 cm³/mol. The molecule has 1 unspecified atom stereocenters. The molecule has 29 heavy (non-hydrogen) atoms. The molecule has 0 fully saturated rings. The maximum Gasteiger partial charge on any atom is 0.253 e. The molecule has 0 bridgehead atoms. The number of benzene rings is 2. The molecule has 1 atom stereocenters. The van der Waals surface area contributed by atoms with Gasteiger partial charge in [-0.1, -0.05) is 45.0 Å². The smallest absolute Gasteiger partial charge is 0.253 e. The highest BCUT2D eigenvalue weighted by Gasteiger charge is 2.39. The maximum absolute atomic E-state index is 12.7. The van der Waals surface area contributed by atoms with Gasteiger partial charge in [0.2, 0.25) is 8.32 Å². The number of alkyl halides is 1. The molecule has 2 rings (SSSR count). The molecule has 0 aliphatic carbocycles. The molecule has 2 aromatic carbocycles. The molecule has 158 valence electrons. The Bertz CT molecular complexity index is 841. The summed E-state index contributed by atoms with van der Waals surface area (Å²) in [5.74, 6) is 0.894. The first-order valence-corrected chi connectivity index (χ1v) is 13.7. The fourth-order valence-corrected chi connectivity index (χ4v) is 4.19. The minimum Gasteiger partial charge on any atom is -0.543 e. The zero-order valence-electron chi connectivity index (χ0n) is 18.8. The Morgan fingerprint density at radius 2 is 1.59 bits per heavy atom. The molecule has 0 aromatic heterocycles. The summed E-state index contributed by atoms with van der Waals surface area (Å²) < 4.78 is 6.43. The summed E-state index contributed by atoms with van der Waals surface area (Å²) in [7, 11) is -1.92. The van der Waals surface area contributed by atoms with Crippen molar-refractivity contribution < 1.29 is 9.22 Å². The number of halogens is 1. The number of carbonyl (C=O) groups is 1. The minimum atomic E-state index is -1.92. The number of nitrogens with zero attached hydrogens (tertiary/aromatic N) is 1. The topological polar surface area (TPSA) is 29.5 Å². The second-order valence-electron chi connectivity index (χ2n) is 8.90. The van der Waals surface area contributed by atoms with Gasteiger partial charge < -0.3 is 9.33 Å². The van der Waals surface area contributed by atoms with Crippen molar-refractivity contribution in [3.05, 3.63) is 65.2 Å². The van der Waals surface area contributed by atoms with Crippen LogP contribution in [0.2, 0.25) is 18.1 Å². The Morgan fingerprint density at radius 3 is 2.14 bits per heavy atom. The zero-order chi connectivity index (χ0) is 21.8. The van der Waals surface area contributed by atoms with Crippen LogP contribution in [0.3, 0.4) is 0 Å². The second-order valence-corrected chi connectivity index (χ2v) is 14.1. The van der Waals surface area contributed by atoms with Crippen molar-refractivity contribution >= 4 is 25.8 Å². The highest BCUT2D eigenvalue weighted by atomic mass is 35.5. The summed E-state index contributed by atoms with van der Waals surface area (Å²) in [6, 6.07) is 15.6. The van der Waals surface area contributed by atoms with E-state index in [0.717, 1.165) is 16.9 Å². The monoisotopic (exact) mass is 431 g/mol. The van der Waals surface area contributed by atoms with E-state index in [4.69, 9.17) is 16.0 Å². The van der Waals surface area contributed by atoms with Crippen molar-refractivity contribution in [2.75, 3.05) is 13.1 Å². The largest absolute Gasteiger partial charge is 0.543 e. The van der Waals surface area contributed by atoms with Crippen LogP contribution in [0.1, 0.15) is 61.5 Å². The Hall–Kier alpha value is -1.78. The quantitative estimate of drug-likeness (QED) is 0.353. The van der Waals surface area contributed by atoms with Crippen LogP contribution in [-0.2, 0) is 0 Å². The molecule has 0 radical (unpaired) electrons. The first kappa shape index (κ1) is 23.5. The molecule has 5 heteroatoms. The lowest BCUT2D eigenvalue weighted by Gasteiger charge is -2.36. The van der Waals surface area contributed by atoms with Gasteiger partial charge in [0.05, 0.1) is 5.38 Å². The van der Waals surface area contributed by atoms with E-state index in [9.17, 15) is 4.79 Å². The summed E-state index contributed by atoms with van der Waals surface area (Å²) in [4.78, 5) is 14.5. The predicted octanol–water partition coefficient (Wildman–Crippen LogP) is 6.88. The molecular formula is C24H34ClNO2Si. The summed E-state index contributed by atoms with van der Waals surface area (Å²) in [6.45, 7) is 16.5. The lowest BCUT2D eigenvalue weighted by atomic mass is 10.0. The highest BCUT2D eigenvalue weighted by Crippen LogP contribution is 2.38. The van der Waals surface area contributed by atoms with Gasteiger partial charge in [0.15, 0.2) is 0 Å². The van der Waals surface area contributed by atoms with Crippen molar-refractivity contribution in [1.29, 1.82) is 0 Å². The molecule has 0 saturated heterocycles. The Labute approximate surface area is 182 Å². The fourth-order valence-electron chi connectivity index (χ4n) is 2.90. The van der Waals surface area contributed by atoms with E-state index in [2.05, 4.69) is 33.9 Å². The lowest BCUT2D eigenvalue weighted by Crippen LogP contribution is -2.43. The number of rotatable bonds is 7. The van der Waals surface area contributed by atoms with E-state index >= 15 is 0 Å². The summed E-state index contributed by atoms with van der Waals surface area (Å²) in [5, 5.41) is -0.218. The van der Waals surface area contributed by atoms with Gasteiger partial charge in [-0.15, -0.1) is 11.6 Å². The van der Waals surface area contributed by atoms with Gasteiger partial charge >= 0.3 is 0 Å². The fraction of sp³-hybridized carbons (Fsp3) is 0.458. The van der Waals surface area contributed by atoms with Gasteiger partial charge in [0.1, 0.15) is 5.75 Å². The average Bonchev–Trinajstić information content (AvgIpc) is 2.67. The number of hydrogen-bond acceptors (Lipinski definition) is 2. The normalized spacial score (nSPS) is 13.1. The first-order chi connectivity index (χ1) is 13.5. The Kier molecular flexibility index (Phi) is 7.58. The Balaban J connectivity index is 2.28. The number of amides is 1. The first-order valence-electron chi connectivity index (χ1n) is 10.3. The van der Waals surface area contributed by atoms with Crippen molar-refractivity contribution in [1.82, 2.24) is 4.90 Å². The van der Waals surface area contributed by atoms with Crippen LogP contribution in [0.5, 0.6) is 5.75 Å². The summed E-state index contributed by atoms with van der Waals surface area (Å²) in [6.07, 6.45) is 0. The SMILES string of the molecule is CCN(CC)C(=O)c1cccc(C(Cl)c2cccc(O[Si](C)(C)C(C)(C)C)c2)c1. The van der Waals surface area contributed by atoms with E-state index in [1.165, 1.54) is 0 Å². The van der Waals surface area contributed by atoms with Crippen molar-refractivity contribution in [2.24, 2.45) is 0 Å². The van der Waals surface area contributed by atoms with Gasteiger partial charge in [0.25, 0.3) is 5.91 Å². The molecule has 3 nitrogen and oxygen atoms in total. The minimum absolute atomic E-state index is 0.0377. The van der Waals surface area contributed by atoms with Gasteiger partial charge in [-0.2, -0.15) is 0 Å². The molecule has 0 aliphatic heterocycles. The molecular weight excluding hydrogens is 398 g/mol. The maximum atomic E-state index is 12.7. The van der Waals surface area contributed by atoms with E-state index in [1.807, 2.05) is 67.3 Å². The molecule has 2 aromatic rings. The zero-order valence-corrected chi connectivity index (χ0v) is 20.5. The van der Waals surface area contributed by atoms with Gasteiger partial charge in [-0.3, -0.25) is 4.79 Å². The molecule has 0 heterocycles. The molecule has 0 aliphatic rings. The molecule has 0 spiro atoms. The van der Waals surface area contributed by atoms with Crippen molar-refractivity contribution in [3.8, 4) is 5.75 Å². The number of carbonyl (C=O) groups excluding carboxylic acids is 1. The van der Waals surface area contributed by atoms with E-state index in [-0.39, 0.29) is 16.3 Å². The van der Waals surface area contributed by atoms with E-state index in [0.29, 0.717) is 18.7 Å². The standard InChI is InChI=1S/C24H34ClNO2Si/c1-8-26(9-2)23(27)20-14-10-12-18(16-20)22(25)19-13-11-15-21(17-19)28-29(6,7)24(3,4)5/h10-17,22H,8-9H2,1-7H3. The van der Waals surface area contributed by atoms with Gasteiger partial charge in [-0.05, 0) is 67.4 Å². The lowest BCUT2D eigenvalue weighted by molar-refractivity contribution is 0.0773. The summed E-state index contributed by atoms with van der Waals surface area (Å²) in [5.41, 5.74) is 2.55. The van der Waals surface area contributed by atoms with Crippen LogP contribution in [0.25, 0.3) is 0 Å². The number of hydrogen-bond donors (Lipinski definition) is 0.